The molecule has 0 bridgehead atoms. The lowest BCUT2D eigenvalue weighted by molar-refractivity contribution is -0.138. The molecule has 1 rings (SSSR count). The fraction of sp³-hybridized carbons (Fsp3) is 0.500. The summed E-state index contributed by atoms with van der Waals surface area (Å²) >= 11 is 0. The van der Waals surface area contributed by atoms with Crippen LogP contribution in [-0.2, 0) is 9.53 Å². The quantitative estimate of drug-likeness (QED) is 0.579. The van der Waals surface area contributed by atoms with Crippen molar-refractivity contribution >= 4 is 11.7 Å². The van der Waals surface area contributed by atoms with Gasteiger partial charge in [-0.3, -0.25) is 9.59 Å². The Hall–Kier alpha value is -1.89. The third kappa shape index (κ3) is 4.64. The summed E-state index contributed by atoms with van der Waals surface area (Å²) in [5.74, 6) is -0.882. The van der Waals surface area contributed by atoms with Crippen LogP contribution < -0.4 is 10.9 Å². The zero-order chi connectivity index (χ0) is 12.7. The summed E-state index contributed by atoms with van der Waals surface area (Å²) in [5, 5.41) is 17.3. The van der Waals surface area contributed by atoms with Crippen LogP contribution in [0.1, 0.15) is 12.0 Å². The number of H-pyrrole nitrogens is 1. The summed E-state index contributed by atoms with van der Waals surface area (Å²) in [6, 6.07) is 0. The van der Waals surface area contributed by atoms with Crippen LogP contribution in [0.3, 0.4) is 0 Å². The number of hydrogen-bond acceptors (Lipinski definition) is 5. The molecule has 0 aliphatic rings. The zero-order valence-electron chi connectivity index (χ0n) is 9.52. The van der Waals surface area contributed by atoms with Gasteiger partial charge in [0.25, 0.3) is 5.56 Å². The average molecular weight is 241 g/mol. The molecule has 0 saturated heterocycles. The largest absolute Gasteiger partial charge is 0.481 e. The highest BCUT2D eigenvalue weighted by Crippen LogP contribution is 2.05. The molecule has 17 heavy (non-hydrogen) atoms. The summed E-state index contributed by atoms with van der Waals surface area (Å²) in [5.41, 5.74) is 0.975. The minimum atomic E-state index is -0.882. The van der Waals surface area contributed by atoms with Crippen molar-refractivity contribution < 1.29 is 14.6 Å². The van der Waals surface area contributed by atoms with Gasteiger partial charge in [-0.05, 0) is 6.92 Å². The Kier molecular flexibility index (Phi) is 5.15. The molecule has 0 aromatic carbocycles. The molecular formula is C10H15N3O4. The van der Waals surface area contributed by atoms with Crippen LogP contribution in [0, 0.1) is 6.92 Å². The third-order valence-electron chi connectivity index (χ3n) is 2.13. The molecule has 0 saturated carbocycles. The predicted molar refractivity (Wildman–Crippen MR) is 61.2 cm³/mol. The number of carbonyl (C=O) groups is 1. The number of ether oxygens (including phenoxy) is 1. The lowest BCUT2D eigenvalue weighted by Gasteiger charge is -2.07. The maximum atomic E-state index is 11.2. The van der Waals surface area contributed by atoms with Gasteiger partial charge in [-0.1, -0.05) is 0 Å². The Morgan fingerprint density at radius 2 is 2.35 bits per heavy atom. The molecule has 1 aromatic heterocycles. The molecule has 0 fully saturated rings. The lowest BCUT2D eigenvalue weighted by Crippen LogP contribution is -2.17. The van der Waals surface area contributed by atoms with E-state index in [9.17, 15) is 9.59 Å². The van der Waals surface area contributed by atoms with Gasteiger partial charge < -0.3 is 15.2 Å². The van der Waals surface area contributed by atoms with Gasteiger partial charge >= 0.3 is 5.97 Å². The minimum absolute atomic E-state index is 0.00834. The number of aromatic amines is 1. The standard InChI is InChI=1S/C10H15N3O4/c1-7-8(6-12-13-10(7)16)11-3-5-17-4-2-9(14)15/h6H,2-5H2,1H3,(H,14,15)(H2,11,13,16). The predicted octanol–water partition coefficient (Wildman–Crippen LogP) is -0.0185. The Morgan fingerprint density at radius 1 is 1.59 bits per heavy atom. The number of aromatic nitrogens is 2. The Bertz CT molecular complexity index is 430. The molecule has 0 aliphatic carbocycles. The van der Waals surface area contributed by atoms with E-state index in [-0.39, 0.29) is 18.6 Å². The zero-order valence-corrected chi connectivity index (χ0v) is 9.52. The molecule has 0 atom stereocenters. The summed E-state index contributed by atoms with van der Waals surface area (Å²) in [6.45, 7) is 2.74. The highest BCUT2D eigenvalue weighted by molar-refractivity contribution is 5.66. The molecule has 0 unspecified atom stereocenters. The summed E-state index contributed by atoms with van der Waals surface area (Å²) in [7, 11) is 0. The summed E-state index contributed by atoms with van der Waals surface area (Å²) in [4.78, 5) is 21.4. The second-order valence-corrected chi connectivity index (χ2v) is 3.42. The molecule has 7 heteroatoms. The number of nitrogens with one attached hydrogen (secondary N) is 2. The molecule has 0 aliphatic heterocycles. The Morgan fingerprint density at radius 3 is 3.06 bits per heavy atom. The van der Waals surface area contributed by atoms with Crippen LogP contribution in [0.5, 0.6) is 0 Å². The first kappa shape index (κ1) is 13.2. The van der Waals surface area contributed by atoms with Crippen molar-refractivity contribution in [2.45, 2.75) is 13.3 Å². The molecule has 0 radical (unpaired) electrons. The third-order valence-corrected chi connectivity index (χ3v) is 2.13. The van der Waals surface area contributed by atoms with Crippen LogP contribution >= 0.6 is 0 Å². The topological polar surface area (TPSA) is 104 Å². The fourth-order valence-corrected chi connectivity index (χ4v) is 1.16. The molecule has 94 valence electrons. The average Bonchev–Trinajstić information content (AvgIpc) is 2.28. The maximum absolute atomic E-state index is 11.2. The number of hydrogen-bond donors (Lipinski definition) is 3. The van der Waals surface area contributed by atoms with Crippen LogP contribution in [0.15, 0.2) is 11.0 Å². The van der Waals surface area contributed by atoms with Crippen molar-refractivity contribution in [2.75, 3.05) is 25.1 Å². The molecular weight excluding hydrogens is 226 g/mol. The second kappa shape index (κ2) is 6.64. The molecule has 1 aromatic rings. The van der Waals surface area contributed by atoms with E-state index in [1.54, 1.807) is 6.92 Å². The van der Waals surface area contributed by atoms with E-state index < -0.39 is 5.97 Å². The summed E-state index contributed by atoms with van der Waals surface area (Å²) in [6.07, 6.45) is 1.51. The van der Waals surface area contributed by atoms with Crippen molar-refractivity contribution in [3.63, 3.8) is 0 Å². The fourth-order valence-electron chi connectivity index (χ4n) is 1.16. The first-order chi connectivity index (χ1) is 8.11. The maximum Gasteiger partial charge on any atom is 0.305 e. The van der Waals surface area contributed by atoms with Gasteiger partial charge in [-0.15, -0.1) is 0 Å². The normalized spacial score (nSPS) is 10.2. The van der Waals surface area contributed by atoms with Crippen LogP contribution in [0.4, 0.5) is 5.69 Å². The number of carboxylic acid groups (broad SMARTS) is 1. The Labute approximate surface area is 97.8 Å². The monoisotopic (exact) mass is 241 g/mol. The highest BCUT2D eigenvalue weighted by atomic mass is 16.5. The van der Waals surface area contributed by atoms with Gasteiger partial charge in [0.1, 0.15) is 0 Å². The van der Waals surface area contributed by atoms with Crippen molar-refractivity contribution in [2.24, 2.45) is 0 Å². The Balaban J connectivity index is 2.25. The SMILES string of the molecule is Cc1c(NCCOCCC(=O)O)cn[nH]c1=O. The smallest absolute Gasteiger partial charge is 0.305 e. The van der Waals surface area contributed by atoms with Crippen LogP contribution in [-0.4, -0.2) is 41.0 Å². The van der Waals surface area contributed by atoms with Gasteiger partial charge in [0.2, 0.25) is 0 Å². The summed E-state index contributed by atoms with van der Waals surface area (Å²) < 4.78 is 5.09. The van der Waals surface area contributed by atoms with Crippen molar-refractivity contribution in [1.29, 1.82) is 0 Å². The molecule has 1 heterocycles. The minimum Gasteiger partial charge on any atom is -0.481 e. The van der Waals surface area contributed by atoms with E-state index >= 15 is 0 Å². The van der Waals surface area contributed by atoms with E-state index in [0.29, 0.717) is 24.4 Å². The van der Waals surface area contributed by atoms with E-state index in [0.717, 1.165) is 0 Å². The first-order valence-corrected chi connectivity index (χ1v) is 5.19. The molecule has 0 amide bonds. The number of carboxylic acids is 1. The van der Waals surface area contributed by atoms with Crippen molar-refractivity contribution in [3.05, 3.63) is 22.1 Å². The van der Waals surface area contributed by atoms with E-state index in [4.69, 9.17) is 9.84 Å². The van der Waals surface area contributed by atoms with Gasteiger partial charge in [-0.25, -0.2) is 5.10 Å². The van der Waals surface area contributed by atoms with Crippen molar-refractivity contribution in [3.8, 4) is 0 Å². The highest BCUT2D eigenvalue weighted by Gasteiger charge is 2.01. The second-order valence-electron chi connectivity index (χ2n) is 3.42. The van der Waals surface area contributed by atoms with Crippen LogP contribution in [0.2, 0.25) is 0 Å². The van der Waals surface area contributed by atoms with Crippen molar-refractivity contribution in [1.82, 2.24) is 10.2 Å². The number of nitrogens with zero attached hydrogens (tertiary/aromatic N) is 1. The molecule has 0 spiro atoms. The molecule has 3 N–H and O–H groups in total. The number of anilines is 1. The first-order valence-electron chi connectivity index (χ1n) is 5.19. The van der Waals surface area contributed by atoms with E-state index in [1.807, 2.05) is 0 Å². The van der Waals surface area contributed by atoms with Gasteiger partial charge in [-0.2, -0.15) is 5.10 Å². The van der Waals surface area contributed by atoms with E-state index in [1.165, 1.54) is 6.20 Å². The van der Waals surface area contributed by atoms with Gasteiger partial charge in [0, 0.05) is 12.1 Å². The van der Waals surface area contributed by atoms with Gasteiger partial charge in [0.15, 0.2) is 0 Å². The number of aliphatic carboxylic acids is 1. The molecule has 7 nitrogen and oxygen atoms in total. The van der Waals surface area contributed by atoms with Gasteiger partial charge in [0.05, 0.1) is 31.5 Å². The van der Waals surface area contributed by atoms with Crippen LogP contribution in [0.25, 0.3) is 0 Å². The lowest BCUT2D eigenvalue weighted by atomic mass is 10.3. The van der Waals surface area contributed by atoms with E-state index in [2.05, 4.69) is 15.5 Å². The number of rotatable bonds is 7.